The van der Waals surface area contributed by atoms with Gasteiger partial charge < -0.3 is 18.9 Å². The van der Waals surface area contributed by atoms with Crippen LogP contribution >= 0.6 is 0 Å². The van der Waals surface area contributed by atoms with Crippen molar-refractivity contribution in [2.45, 2.75) is 63.9 Å². The summed E-state index contributed by atoms with van der Waals surface area (Å²) in [6.07, 6.45) is 12.6. The maximum Gasteiger partial charge on any atom is 0.151 e. The third-order valence-electron chi connectivity index (χ3n) is 4.17. The van der Waals surface area contributed by atoms with Crippen molar-refractivity contribution in [3.63, 3.8) is 0 Å². The smallest absolute Gasteiger partial charge is 0.151 e. The van der Waals surface area contributed by atoms with E-state index in [0.29, 0.717) is 33.0 Å². The van der Waals surface area contributed by atoms with Crippen LogP contribution in [0.3, 0.4) is 0 Å². The highest BCUT2D eigenvalue weighted by Crippen LogP contribution is 2.22. The lowest BCUT2D eigenvalue weighted by Gasteiger charge is -2.26. The highest BCUT2D eigenvalue weighted by Gasteiger charge is 2.25. The summed E-state index contributed by atoms with van der Waals surface area (Å²) in [5, 5.41) is 0. The quantitative estimate of drug-likeness (QED) is 0.742. The molecule has 0 amide bonds. The minimum Gasteiger partial charge on any atom is -0.377 e. The first kappa shape index (κ1) is 17.2. The molecule has 0 aliphatic carbocycles. The van der Waals surface area contributed by atoms with E-state index in [-0.39, 0.29) is 6.10 Å². The molecule has 0 aromatic heterocycles. The van der Waals surface area contributed by atoms with Crippen LogP contribution in [0.25, 0.3) is 0 Å². The van der Waals surface area contributed by atoms with Crippen molar-refractivity contribution in [2.24, 2.45) is 0 Å². The number of hydrogen-bond acceptors (Lipinski definition) is 4. The van der Waals surface area contributed by atoms with Gasteiger partial charge in [0.15, 0.2) is 6.10 Å². The SMILES string of the molecule is C1CCCCCC([C]2COCCOCCO2)OCCCC1. The summed E-state index contributed by atoms with van der Waals surface area (Å²) in [7, 11) is 0. The van der Waals surface area contributed by atoms with Crippen LogP contribution in [0.15, 0.2) is 0 Å². The van der Waals surface area contributed by atoms with E-state index in [4.69, 9.17) is 18.9 Å². The van der Waals surface area contributed by atoms with Crippen LogP contribution in [0, 0.1) is 6.10 Å². The predicted octanol–water partition coefficient (Wildman–Crippen LogP) is 3.49. The van der Waals surface area contributed by atoms with Crippen LogP contribution in [0.2, 0.25) is 0 Å². The zero-order chi connectivity index (χ0) is 14.6. The Morgan fingerprint density at radius 3 is 2.14 bits per heavy atom. The van der Waals surface area contributed by atoms with Crippen molar-refractivity contribution >= 4 is 0 Å². The van der Waals surface area contributed by atoms with Crippen molar-refractivity contribution in [3.05, 3.63) is 6.10 Å². The van der Waals surface area contributed by atoms with E-state index < -0.39 is 0 Å². The third kappa shape index (κ3) is 7.59. The van der Waals surface area contributed by atoms with Crippen LogP contribution in [-0.4, -0.2) is 45.7 Å². The van der Waals surface area contributed by atoms with Crippen molar-refractivity contribution < 1.29 is 18.9 Å². The standard InChI is InChI=1S/C17H31O4/c1-2-4-6-8-10-20-16(9-7-5-3-1)17-15-19-12-11-18-13-14-21-17/h16H,1-15H2. The van der Waals surface area contributed by atoms with E-state index in [0.717, 1.165) is 25.6 Å². The molecule has 2 rings (SSSR count). The average Bonchev–Trinajstić information content (AvgIpc) is 2.62. The summed E-state index contributed by atoms with van der Waals surface area (Å²) in [6.45, 7) is 3.93. The van der Waals surface area contributed by atoms with Gasteiger partial charge in [-0.25, -0.2) is 0 Å². The number of hydrogen-bond donors (Lipinski definition) is 0. The monoisotopic (exact) mass is 299 g/mol. The molecule has 1 radical (unpaired) electrons. The van der Waals surface area contributed by atoms with Crippen molar-refractivity contribution in [3.8, 4) is 0 Å². The molecular weight excluding hydrogens is 268 g/mol. The fraction of sp³-hybridized carbons (Fsp3) is 0.941. The second-order valence-corrected chi connectivity index (χ2v) is 5.96. The predicted molar refractivity (Wildman–Crippen MR) is 82.1 cm³/mol. The number of rotatable bonds is 1. The van der Waals surface area contributed by atoms with E-state index in [9.17, 15) is 0 Å². The molecule has 2 aliphatic heterocycles. The molecule has 2 saturated heterocycles. The lowest BCUT2D eigenvalue weighted by atomic mass is 10.0. The average molecular weight is 299 g/mol. The summed E-state index contributed by atoms with van der Waals surface area (Å²) in [4.78, 5) is 0. The van der Waals surface area contributed by atoms with Crippen molar-refractivity contribution in [2.75, 3.05) is 39.6 Å². The summed E-state index contributed by atoms with van der Waals surface area (Å²) in [5.74, 6) is 0. The van der Waals surface area contributed by atoms with Gasteiger partial charge in [0.25, 0.3) is 0 Å². The molecule has 4 heteroatoms. The molecular formula is C17H31O4. The first-order valence-corrected chi connectivity index (χ1v) is 8.72. The van der Waals surface area contributed by atoms with Gasteiger partial charge in [-0.1, -0.05) is 44.9 Å². The Morgan fingerprint density at radius 2 is 1.29 bits per heavy atom. The Kier molecular flexibility index (Phi) is 9.35. The topological polar surface area (TPSA) is 36.9 Å². The van der Waals surface area contributed by atoms with Gasteiger partial charge in [-0.15, -0.1) is 0 Å². The minimum absolute atomic E-state index is 0.0996. The lowest BCUT2D eigenvalue weighted by molar-refractivity contribution is -0.0434. The minimum atomic E-state index is 0.0996. The molecule has 1 unspecified atom stereocenters. The molecule has 4 nitrogen and oxygen atoms in total. The highest BCUT2D eigenvalue weighted by molar-refractivity contribution is 4.89. The molecule has 0 N–H and O–H groups in total. The van der Waals surface area contributed by atoms with Crippen LogP contribution in [0.4, 0.5) is 0 Å². The van der Waals surface area contributed by atoms with E-state index in [1.807, 2.05) is 0 Å². The van der Waals surface area contributed by atoms with Gasteiger partial charge >= 0.3 is 0 Å². The molecule has 2 heterocycles. The Balaban J connectivity index is 1.81. The van der Waals surface area contributed by atoms with E-state index in [2.05, 4.69) is 0 Å². The van der Waals surface area contributed by atoms with Crippen LogP contribution in [-0.2, 0) is 18.9 Å². The van der Waals surface area contributed by atoms with Crippen LogP contribution in [0.1, 0.15) is 57.8 Å². The Morgan fingerprint density at radius 1 is 0.619 bits per heavy atom. The summed E-state index contributed by atoms with van der Waals surface area (Å²) in [5.41, 5.74) is 0. The largest absolute Gasteiger partial charge is 0.377 e. The van der Waals surface area contributed by atoms with Gasteiger partial charge in [-0.3, -0.25) is 0 Å². The van der Waals surface area contributed by atoms with Gasteiger partial charge in [-0.05, 0) is 12.8 Å². The van der Waals surface area contributed by atoms with Crippen LogP contribution in [0.5, 0.6) is 0 Å². The van der Waals surface area contributed by atoms with E-state index >= 15 is 0 Å². The second kappa shape index (κ2) is 11.4. The Bertz CT molecular complexity index is 225. The van der Waals surface area contributed by atoms with Gasteiger partial charge in [-0.2, -0.15) is 0 Å². The molecule has 123 valence electrons. The molecule has 0 aromatic rings. The highest BCUT2D eigenvalue weighted by atomic mass is 16.6. The summed E-state index contributed by atoms with van der Waals surface area (Å²) >= 11 is 0. The molecule has 1 atom stereocenters. The molecule has 2 aliphatic rings. The maximum absolute atomic E-state index is 6.11. The summed E-state index contributed by atoms with van der Waals surface area (Å²) in [6, 6.07) is 0. The molecule has 0 saturated carbocycles. The fourth-order valence-electron chi connectivity index (χ4n) is 2.91. The number of ether oxygens (including phenoxy) is 4. The van der Waals surface area contributed by atoms with Gasteiger partial charge in [0, 0.05) is 6.61 Å². The summed E-state index contributed by atoms with van der Waals surface area (Å²) < 4.78 is 23.0. The maximum atomic E-state index is 6.11. The molecule has 2 fully saturated rings. The van der Waals surface area contributed by atoms with E-state index in [1.165, 1.54) is 44.9 Å². The van der Waals surface area contributed by atoms with Gasteiger partial charge in [0.05, 0.1) is 39.1 Å². The van der Waals surface area contributed by atoms with Gasteiger partial charge in [0.1, 0.15) is 0 Å². The van der Waals surface area contributed by atoms with Crippen molar-refractivity contribution in [1.29, 1.82) is 0 Å². The zero-order valence-electron chi connectivity index (χ0n) is 13.3. The Labute approximate surface area is 129 Å². The molecule has 0 aromatic carbocycles. The molecule has 21 heavy (non-hydrogen) atoms. The van der Waals surface area contributed by atoms with Crippen molar-refractivity contribution in [1.82, 2.24) is 0 Å². The molecule has 0 bridgehead atoms. The van der Waals surface area contributed by atoms with Gasteiger partial charge in [0.2, 0.25) is 0 Å². The first-order valence-electron chi connectivity index (χ1n) is 8.72. The molecule has 0 spiro atoms. The second-order valence-electron chi connectivity index (χ2n) is 5.96. The lowest BCUT2D eigenvalue weighted by Crippen LogP contribution is -2.29. The third-order valence-corrected chi connectivity index (χ3v) is 4.17. The fourth-order valence-corrected chi connectivity index (χ4v) is 2.91. The van der Waals surface area contributed by atoms with E-state index in [1.54, 1.807) is 0 Å². The first-order chi connectivity index (χ1) is 10.5. The normalized spacial score (nSPS) is 29.4. The Hall–Kier alpha value is -0.160. The zero-order valence-corrected chi connectivity index (χ0v) is 13.3. The van der Waals surface area contributed by atoms with Crippen LogP contribution < -0.4 is 0 Å².